The summed E-state index contributed by atoms with van der Waals surface area (Å²) in [6.07, 6.45) is 3.23. The van der Waals surface area contributed by atoms with E-state index in [4.69, 9.17) is 0 Å². The van der Waals surface area contributed by atoms with Crippen LogP contribution in [0, 0.1) is 10.1 Å². The van der Waals surface area contributed by atoms with Crippen LogP contribution in [0.2, 0.25) is 0 Å². The molecule has 9 nitrogen and oxygen atoms in total. The van der Waals surface area contributed by atoms with Crippen molar-refractivity contribution < 1.29 is 23.2 Å². The molecular weight excluding hydrogens is 362 g/mol. The Morgan fingerprint density at radius 1 is 1.38 bits per heavy atom. The van der Waals surface area contributed by atoms with Crippen molar-refractivity contribution in [2.24, 2.45) is 0 Å². The third kappa shape index (κ3) is 4.50. The summed E-state index contributed by atoms with van der Waals surface area (Å²) in [6, 6.07) is 2.46. The molecule has 0 aliphatic carbocycles. The first-order chi connectivity index (χ1) is 12.3. The van der Waals surface area contributed by atoms with Crippen LogP contribution in [0.4, 0.5) is 11.4 Å². The van der Waals surface area contributed by atoms with Crippen molar-refractivity contribution in [1.82, 2.24) is 4.31 Å². The van der Waals surface area contributed by atoms with Crippen molar-refractivity contribution in [2.75, 3.05) is 18.4 Å². The molecule has 1 aliphatic heterocycles. The largest absolute Gasteiger partial charge is 0.480 e. The smallest absolute Gasteiger partial charge is 0.326 e. The van der Waals surface area contributed by atoms with Crippen LogP contribution in [0.15, 0.2) is 23.1 Å². The molecule has 0 amide bonds. The van der Waals surface area contributed by atoms with Gasteiger partial charge in [-0.2, -0.15) is 4.31 Å². The van der Waals surface area contributed by atoms with Gasteiger partial charge in [0.05, 0.1) is 10.6 Å². The number of sulfonamides is 1. The minimum absolute atomic E-state index is 0.0750. The second-order valence-corrected chi connectivity index (χ2v) is 8.13. The van der Waals surface area contributed by atoms with Crippen LogP contribution in [0.25, 0.3) is 0 Å². The first kappa shape index (κ1) is 20.1. The van der Waals surface area contributed by atoms with Gasteiger partial charge in [-0.15, -0.1) is 0 Å². The number of nitrogens with one attached hydrogen (secondary N) is 1. The molecule has 2 rings (SSSR count). The molecule has 1 saturated heterocycles. The van der Waals surface area contributed by atoms with E-state index in [0.717, 1.165) is 25.3 Å². The van der Waals surface area contributed by atoms with Gasteiger partial charge in [-0.1, -0.05) is 19.8 Å². The molecule has 2 N–H and O–H groups in total. The second kappa shape index (κ2) is 8.45. The molecular formula is C16H23N3O6S. The number of hydrogen-bond donors (Lipinski definition) is 2. The van der Waals surface area contributed by atoms with Gasteiger partial charge in [0, 0.05) is 25.2 Å². The minimum Gasteiger partial charge on any atom is -0.480 e. The third-order valence-corrected chi connectivity index (χ3v) is 6.27. The fourth-order valence-electron chi connectivity index (χ4n) is 2.88. The molecule has 0 unspecified atom stereocenters. The van der Waals surface area contributed by atoms with Gasteiger partial charge in [0.15, 0.2) is 0 Å². The number of nitrogens with zero attached hydrogens (tertiary/aromatic N) is 2. The van der Waals surface area contributed by atoms with E-state index in [2.05, 4.69) is 5.32 Å². The molecule has 0 saturated carbocycles. The normalized spacial score (nSPS) is 16.3. The third-order valence-electron chi connectivity index (χ3n) is 4.33. The van der Waals surface area contributed by atoms with Gasteiger partial charge >= 0.3 is 5.97 Å². The number of nitro groups is 1. The molecule has 0 spiro atoms. The highest BCUT2D eigenvalue weighted by atomic mass is 32.2. The summed E-state index contributed by atoms with van der Waals surface area (Å²) in [5, 5.41) is 23.2. The lowest BCUT2D eigenvalue weighted by atomic mass is 10.1. The van der Waals surface area contributed by atoms with Crippen LogP contribution >= 0.6 is 0 Å². The average Bonchev–Trinajstić information content (AvgIpc) is 3.13. The Hall–Kier alpha value is -2.20. The van der Waals surface area contributed by atoms with Crippen LogP contribution in [-0.4, -0.2) is 47.9 Å². The van der Waals surface area contributed by atoms with E-state index in [1.165, 1.54) is 16.4 Å². The number of anilines is 1. The van der Waals surface area contributed by atoms with E-state index in [9.17, 15) is 28.4 Å². The highest BCUT2D eigenvalue weighted by Gasteiger charge is 2.32. The lowest BCUT2D eigenvalue weighted by Gasteiger charge is -2.21. The molecule has 0 aromatic heterocycles. The number of non-ortho nitro benzene ring substituents is 1. The van der Waals surface area contributed by atoms with Gasteiger partial charge in [-0.3, -0.25) is 10.1 Å². The van der Waals surface area contributed by atoms with Crippen LogP contribution in [0.3, 0.4) is 0 Å². The standard InChI is InChI=1S/C16H23N3O6S/c1-2-3-6-14(16(20)21)17-13-8-7-12(19(22)23)11-15(13)26(24,25)18-9-4-5-10-18/h7-8,11,14,17H,2-6,9-10H2,1H3,(H,20,21)/t14-/m0/s1. The summed E-state index contributed by atoms with van der Waals surface area (Å²) in [7, 11) is -3.94. The number of unbranched alkanes of at least 4 members (excludes halogenated alkanes) is 1. The molecule has 1 aliphatic rings. The quantitative estimate of drug-likeness (QED) is 0.493. The zero-order valence-corrected chi connectivity index (χ0v) is 15.4. The lowest BCUT2D eigenvalue weighted by Crippen LogP contribution is -2.32. The fraction of sp³-hybridized carbons (Fsp3) is 0.562. The maximum Gasteiger partial charge on any atom is 0.326 e. The molecule has 144 valence electrons. The number of rotatable bonds is 9. The van der Waals surface area contributed by atoms with Gasteiger partial charge < -0.3 is 10.4 Å². The first-order valence-electron chi connectivity index (χ1n) is 8.55. The molecule has 26 heavy (non-hydrogen) atoms. The van der Waals surface area contributed by atoms with E-state index in [1.54, 1.807) is 0 Å². The summed E-state index contributed by atoms with van der Waals surface area (Å²) in [5.74, 6) is -1.10. The van der Waals surface area contributed by atoms with Crippen LogP contribution in [-0.2, 0) is 14.8 Å². The number of nitro benzene ring substituents is 1. The van der Waals surface area contributed by atoms with Crippen molar-refractivity contribution >= 4 is 27.4 Å². The Kier molecular flexibility index (Phi) is 6.54. The molecule has 1 aromatic carbocycles. The van der Waals surface area contributed by atoms with E-state index < -0.39 is 27.0 Å². The summed E-state index contributed by atoms with van der Waals surface area (Å²) >= 11 is 0. The number of aliphatic carboxylic acids is 1. The summed E-state index contributed by atoms with van der Waals surface area (Å²) < 4.78 is 27.1. The number of carboxylic acids is 1. The fourth-order valence-corrected chi connectivity index (χ4v) is 4.57. The number of carboxylic acid groups (broad SMARTS) is 1. The van der Waals surface area contributed by atoms with Gasteiger partial charge in [0.1, 0.15) is 10.9 Å². The maximum absolute atomic E-state index is 12.9. The molecule has 1 fully saturated rings. The highest BCUT2D eigenvalue weighted by molar-refractivity contribution is 7.89. The Labute approximate surface area is 152 Å². The topological polar surface area (TPSA) is 130 Å². The second-order valence-electron chi connectivity index (χ2n) is 6.23. The SMILES string of the molecule is CCCC[C@H](Nc1ccc([N+](=O)[O-])cc1S(=O)(=O)N1CCCC1)C(=O)O. The predicted molar refractivity (Wildman–Crippen MR) is 95.7 cm³/mol. The van der Waals surface area contributed by atoms with Gasteiger partial charge in [-0.25, -0.2) is 13.2 Å². The summed E-state index contributed by atoms with van der Waals surface area (Å²) in [6.45, 7) is 2.62. The molecule has 10 heteroatoms. The Morgan fingerprint density at radius 2 is 2.04 bits per heavy atom. The molecule has 1 heterocycles. The number of carbonyl (C=O) groups is 1. The Morgan fingerprint density at radius 3 is 2.58 bits per heavy atom. The van der Waals surface area contributed by atoms with E-state index in [-0.39, 0.29) is 16.3 Å². The monoisotopic (exact) mass is 385 g/mol. The van der Waals surface area contributed by atoms with Crippen molar-refractivity contribution in [1.29, 1.82) is 0 Å². The van der Waals surface area contributed by atoms with Gasteiger partial charge in [-0.05, 0) is 25.3 Å². The Bertz CT molecular complexity index is 774. The molecule has 1 atom stereocenters. The van der Waals surface area contributed by atoms with Crippen LogP contribution < -0.4 is 5.32 Å². The average molecular weight is 385 g/mol. The first-order valence-corrected chi connectivity index (χ1v) is 9.99. The highest BCUT2D eigenvalue weighted by Crippen LogP contribution is 2.31. The number of hydrogen-bond acceptors (Lipinski definition) is 6. The van der Waals surface area contributed by atoms with Crippen molar-refractivity contribution in [2.45, 2.75) is 50.0 Å². The van der Waals surface area contributed by atoms with Crippen LogP contribution in [0.5, 0.6) is 0 Å². The zero-order valence-electron chi connectivity index (χ0n) is 14.6. The lowest BCUT2D eigenvalue weighted by molar-refractivity contribution is -0.385. The minimum atomic E-state index is -3.94. The molecule has 1 aromatic rings. The Balaban J connectivity index is 2.44. The summed E-state index contributed by atoms with van der Waals surface area (Å²) in [4.78, 5) is 21.6. The van der Waals surface area contributed by atoms with Crippen molar-refractivity contribution in [3.63, 3.8) is 0 Å². The van der Waals surface area contributed by atoms with E-state index >= 15 is 0 Å². The van der Waals surface area contributed by atoms with Gasteiger partial charge in [0.2, 0.25) is 10.0 Å². The molecule has 0 bridgehead atoms. The zero-order chi connectivity index (χ0) is 19.3. The van der Waals surface area contributed by atoms with Crippen molar-refractivity contribution in [3.05, 3.63) is 28.3 Å². The van der Waals surface area contributed by atoms with E-state index in [0.29, 0.717) is 25.9 Å². The van der Waals surface area contributed by atoms with Crippen LogP contribution in [0.1, 0.15) is 39.0 Å². The van der Waals surface area contributed by atoms with Crippen molar-refractivity contribution in [3.8, 4) is 0 Å². The number of benzene rings is 1. The molecule has 0 radical (unpaired) electrons. The summed E-state index contributed by atoms with van der Waals surface area (Å²) in [5.41, 5.74) is -0.278. The van der Waals surface area contributed by atoms with E-state index in [1.807, 2.05) is 6.92 Å². The van der Waals surface area contributed by atoms with Gasteiger partial charge in [0.25, 0.3) is 5.69 Å². The predicted octanol–water partition coefficient (Wildman–Crippen LogP) is 2.43. The maximum atomic E-state index is 12.9.